The van der Waals surface area contributed by atoms with Crippen molar-refractivity contribution in [1.82, 2.24) is 0 Å². The molecule has 1 atom stereocenters. The van der Waals surface area contributed by atoms with Gasteiger partial charge in [-0.2, -0.15) is 0 Å². The summed E-state index contributed by atoms with van der Waals surface area (Å²) in [5.74, 6) is 0. The van der Waals surface area contributed by atoms with Crippen LogP contribution in [-0.2, 0) is 4.37 Å². The second kappa shape index (κ2) is 4.77. The first-order chi connectivity index (χ1) is 4.13. The van der Waals surface area contributed by atoms with Crippen molar-refractivity contribution in [1.29, 1.82) is 0 Å². The minimum absolute atomic E-state index is 0.148. The van der Waals surface area contributed by atoms with Gasteiger partial charge in [0.15, 0.2) is 0 Å². The van der Waals surface area contributed by atoms with Crippen molar-refractivity contribution in [3.8, 4) is 0 Å². The van der Waals surface area contributed by atoms with Crippen LogP contribution in [0.2, 0.25) is 0 Å². The minimum atomic E-state index is -0.148. The summed E-state index contributed by atoms with van der Waals surface area (Å²) in [6.45, 7) is 2.81. The minimum Gasteiger partial charge on any atom is -0.426 e. The van der Waals surface area contributed by atoms with Crippen molar-refractivity contribution in [3.63, 3.8) is 0 Å². The van der Waals surface area contributed by atoms with Crippen LogP contribution in [0.5, 0.6) is 0 Å². The second-order valence-electron chi connectivity index (χ2n) is 2.68. The second-order valence-corrected chi connectivity index (χ2v) is 2.68. The predicted molar refractivity (Wildman–Crippen MR) is 38.7 cm³/mol. The largest absolute Gasteiger partial charge is 0.426 e. The average Bonchev–Trinajstić information content (AvgIpc) is 1.63. The average molecular weight is 133 g/mol. The summed E-state index contributed by atoms with van der Waals surface area (Å²) in [7, 11) is 3.92. The first-order valence-corrected chi connectivity index (χ1v) is 3.35. The molecule has 0 bridgehead atoms. The van der Waals surface area contributed by atoms with E-state index in [0.29, 0.717) is 0 Å². The van der Waals surface area contributed by atoms with Gasteiger partial charge in [0.2, 0.25) is 0 Å². The molecule has 0 aliphatic heterocycles. The van der Waals surface area contributed by atoms with Crippen LogP contribution >= 0.6 is 0 Å². The van der Waals surface area contributed by atoms with Gasteiger partial charge in [0.25, 0.3) is 0 Å². The van der Waals surface area contributed by atoms with Crippen molar-refractivity contribution < 1.29 is 9.47 Å². The van der Waals surface area contributed by atoms with E-state index >= 15 is 0 Å². The Bertz CT molecular complexity index is 51.9. The van der Waals surface area contributed by atoms with Gasteiger partial charge in [0.1, 0.15) is 20.8 Å². The fraction of sp³-hybridized carbons (Fsp3) is 1.00. The van der Waals surface area contributed by atoms with Gasteiger partial charge in [-0.25, -0.2) is 0 Å². The van der Waals surface area contributed by atoms with Gasteiger partial charge in [0, 0.05) is 6.42 Å². The highest BCUT2D eigenvalue weighted by Gasteiger charge is 1.98. The molecule has 0 fully saturated rings. The lowest BCUT2D eigenvalue weighted by molar-refractivity contribution is -0.0582. The maximum atomic E-state index is 8.84. The molecule has 2 heteroatoms. The highest BCUT2D eigenvalue weighted by Crippen LogP contribution is 1.97. The summed E-state index contributed by atoms with van der Waals surface area (Å²) in [5.41, 5.74) is 0. The van der Waals surface area contributed by atoms with Gasteiger partial charge in [-0.05, 0) is 13.3 Å². The third-order valence-corrected chi connectivity index (χ3v) is 1.17. The Morgan fingerprint density at radius 1 is 1.44 bits per heavy atom. The zero-order valence-electron chi connectivity index (χ0n) is 6.55. The summed E-state index contributed by atoms with van der Waals surface area (Å²) in [6, 6.07) is 0. The maximum Gasteiger partial charge on any atom is 0.145 e. The molecule has 0 aromatic rings. The third-order valence-electron chi connectivity index (χ3n) is 1.17. The van der Waals surface area contributed by atoms with Crippen LogP contribution in [-0.4, -0.2) is 32.0 Å². The molecule has 0 aromatic carbocycles. The van der Waals surface area contributed by atoms with Crippen LogP contribution in [0.4, 0.5) is 0 Å². The monoisotopic (exact) mass is 133 g/mol. The smallest absolute Gasteiger partial charge is 0.145 e. The standard InChI is InChI=1S/C7H17O2/c1-7(8)5-4-6-9(2)3/h7-8H,4-6H2,1-3H3/q+1. The Hall–Kier alpha value is -0.0800. The predicted octanol–water partition coefficient (Wildman–Crippen LogP) is 0.959. The van der Waals surface area contributed by atoms with E-state index in [0.717, 1.165) is 19.4 Å². The lowest BCUT2D eigenvalue weighted by atomic mass is 10.2. The zero-order valence-corrected chi connectivity index (χ0v) is 6.55. The van der Waals surface area contributed by atoms with E-state index in [4.69, 9.17) is 5.11 Å². The molecule has 0 rings (SSSR count). The van der Waals surface area contributed by atoms with Crippen molar-refractivity contribution >= 4 is 0 Å². The summed E-state index contributed by atoms with van der Waals surface area (Å²) in [4.78, 5) is 0. The molecule has 0 aliphatic carbocycles. The summed E-state index contributed by atoms with van der Waals surface area (Å²) in [5, 5.41) is 8.84. The van der Waals surface area contributed by atoms with E-state index in [9.17, 15) is 0 Å². The van der Waals surface area contributed by atoms with E-state index in [1.807, 2.05) is 21.1 Å². The molecule has 0 aliphatic rings. The van der Waals surface area contributed by atoms with Gasteiger partial charge in [-0.1, -0.05) is 0 Å². The summed E-state index contributed by atoms with van der Waals surface area (Å²) in [6.07, 6.45) is 1.80. The van der Waals surface area contributed by atoms with E-state index in [1.54, 1.807) is 0 Å². The van der Waals surface area contributed by atoms with Crippen LogP contribution < -0.4 is 0 Å². The topological polar surface area (TPSA) is 22.9 Å². The van der Waals surface area contributed by atoms with E-state index in [2.05, 4.69) is 4.37 Å². The van der Waals surface area contributed by atoms with Gasteiger partial charge < -0.3 is 9.47 Å². The molecule has 9 heavy (non-hydrogen) atoms. The Morgan fingerprint density at radius 3 is 2.33 bits per heavy atom. The number of hydrogen-bond donors (Lipinski definition) is 1. The Labute approximate surface area is 57.2 Å². The molecule has 0 amide bonds. The van der Waals surface area contributed by atoms with Crippen LogP contribution in [0.1, 0.15) is 19.8 Å². The summed E-state index contributed by atoms with van der Waals surface area (Å²) < 4.78 is 2.80. The van der Waals surface area contributed by atoms with E-state index in [-0.39, 0.29) is 6.10 Å². The highest BCUT2D eigenvalue weighted by atomic mass is 16.7. The Kier molecular flexibility index (Phi) is 4.72. The first-order valence-electron chi connectivity index (χ1n) is 3.35. The number of aliphatic hydroxyl groups excluding tert-OH is 1. The first kappa shape index (κ1) is 8.92. The molecule has 2 nitrogen and oxygen atoms in total. The molecule has 1 N–H and O–H groups in total. The van der Waals surface area contributed by atoms with E-state index in [1.165, 1.54) is 0 Å². The molecule has 56 valence electrons. The molecule has 0 saturated carbocycles. The quantitative estimate of drug-likeness (QED) is 0.567. The van der Waals surface area contributed by atoms with Crippen LogP contribution in [0, 0.1) is 0 Å². The number of rotatable bonds is 4. The zero-order chi connectivity index (χ0) is 7.28. The van der Waals surface area contributed by atoms with Crippen LogP contribution in [0.25, 0.3) is 0 Å². The van der Waals surface area contributed by atoms with Gasteiger partial charge in [0.05, 0.1) is 6.10 Å². The van der Waals surface area contributed by atoms with Crippen molar-refractivity contribution in [2.45, 2.75) is 25.9 Å². The van der Waals surface area contributed by atoms with Crippen LogP contribution in [0.3, 0.4) is 0 Å². The van der Waals surface area contributed by atoms with Crippen molar-refractivity contribution in [2.24, 2.45) is 0 Å². The molecule has 0 saturated heterocycles. The molecule has 0 aromatic heterocycles. The Balaban J connectivity index is 2.91. The molecular weight excluding hydrogens is 116 g/mol. The third kappa shape index (κ3) is 7.92. The fourth-order valence-corrected chi connectivity index (χ4v) is 0.667. The SMILES string of the molecule is CC(O)CCC[O+](C)C. The number of hydrogen-bond acceptors (Lipinski definition) is 1. The van der Waals surface area contributed by atoms with E-state index < -0.39 is 0 Å². The van der Waals surface area contributed by atoms with Gasteiger partial charge in [-0.3, -0.25) is 0 Å². The molecule has 1 unspecified atom stereocenters. The number of aliphatic hydroxyl groups is 1. The highest BCUT2D eigenvalue weighted by molar-refractivity contribution is 4.46. The lowest BCUT2D eigenvalue weighted by Crippen LogP contribution is -2.07. The molecule has 0 spiro atoms. The summed E-state index contributed by atoms with van der Waals surface area (Å²) >= 11 is 0. The molecular formula is C7H17O2+. The van der Waals surface area contributed by atoms with Crippen molar-refractivity contribution in [2.75, 3.05) is 20.8 Å². The van der Waals surface area contributed by atoms with Gasteiger partial charge >= 0.3 is 0 Å². The van der Waals surface area contributed by atoms with Crippen molar-refractivity contribution in [3.05, 3.63) is 0 Å². The van der Waals surface area contributed by atoms with Gasteiger partial charge in [-0.15, -0.1) is 0 Å². The Morgan fingerprint density at radius 2 is 2.00 bits per heavy atom. The normalized spacial score (nSPS) is 14.3. The fourth-order valence-electron chi connectivity index (χ4n) is 0.667. The molecule has 0 radical (unpaired) electrons. The lowest BCUT2D eigenvalue weighted by Gasteiger charge is -2.07. The molecule has 0 heterocycles. The van der Waals surface area contributed by atoms with Crippen LogP contribution in [0.15, 0.2) is 0 Å². The maximum absolute atomic E-state index is 8.84.